The molecule has 1 aromatic carbocycles. The molecule has 0 aliphatic heterocycles. The number of rotatable bonds is 3. The minimum atomic E-state index is -0.640. The summed E-state index contributed by atoms with van der Waals surface area (Å²) in [7, 11) is 0. The number of carbonyl (C=O) groups is 1. The van der Waals surface area contributed by atoms with Crippen molar-refractivity contribution >= 4 is 21.8 Å². The minimum Gasteiger partial charge on any atom is -0.438 e. The molecule has 1 amide bonds. The Balaban J connectivity index is 2.34. The zero-order chi connectivity index (χ0) is 13.1. The van der Waals surface area contributed by atoms with E-state index in [2.05, 4.69) is 20.9 Å². The molecule has 0 saturated heterocycles. The van der Waals surface area contributed by atoms with E-state index in [9.17, 15) is 9.18 Å². The van der Waals surface area contributed by atoms with Gasteiger partial charge in [0, 0.05) is 6.20 Å². The number of amides is 1. The second-order valence-corrected chi connectivity index (χ2v) is 4.25. The van der Waals surface area contributed by atoms with Crippen LogP contribution in [0.4, 0.5) is 4.39 Å². The van der Waals surface area contributed by atoms with Crippen molar-refractivity contribution in [2.75, 3.05) is 0 Å². The smallest absolute Gasteiger partial charge is 0.254 e. The molecule has 1 heterocycles. The molecule has 1 aromatic heterocycles. The third kappa shape index (κ3) is 2.65. The molecular formula is C12H8BrFN2O2. The summed E-state index contributed by atoms with van der Waals surface area (Å²) in [6.07, 6.45) is 1.47. The van der Waals surface area contributed by atoms with Gasteiger partial charge in [-0.1, -0.05) is 0 Å². The lowest BCUT2D eigenvalue weighted by Gasteiger charge is -2.08. The summed E-state index contributed by atoms with van der Waals surface area (Å²) in [5, 5.41) is 0. The Morgan fingerprint density at radius 2 is 2.17 bits per heavy atom. The van der Waals surface area contributed by atoms with Gasteiger partial charge in [0.15, 0.2) is 0 Å². The van der Waals surface area contributed by atoms with Gasteiger partial charge in [-0.05, 0) is 46.3 Å². The van der Waals surface area contributed by atoms with Crippen LogP contribution < -0.4 is 10.5 Å². The van der Waals surface area contributed by atoms with Crippen molar-refractivity contribution in [2.24, 2.45) is 5.73 Å². The first-order chi connectivity index (χ1) is 8.58. The van der Waals surface area contributed by atoms with Crippen LogP contribution in [0.1, 0.15) is 10.4 Å². The number of pyridine rings is 1. The highest BCUT2D eigenvalue weighted by molar-refractivity contribution is 9.10. The van der Waals surface area contributed by atoms with Crippen molar-refractivity contribution < 1.29 is 13.9 Å². The summed E-state index contributed by atoms with van der Waals surface area (Å²) in [6, 6.07) is 7.19. The summed E-state index contributed by atoms with van der Waals surface area (Å²) in [5.74, 6) is -0.606. The van der Waals surface area contributed by atoms with Crippen molar-refractivity contribution in [3.63, 3.8) is 0 Å². The number of primary amides is 1. The highest BCUT2D eigenvalue weighted by Crippen LogP contribution is 2.26. The largest absolute Gasteiger partial charge is 0.438 e. The summed E-state index contributed by atoms with van der Waals surface area (Å²) < 4.78 is 18.7. The first kappa shape index (κ1) is 12.5. The van der Waals surface area contributed by atoms with Crippen LogP contribution in [-0.4, -0.2) is 10.9 Å². The third-order valence-electron chi connectivity index (χ3n) is 2.14. The number of nitrogens with zero attached hydrogens (tertiary/aromatic N) is 1. The Morgan fingerprint density at radius 1 is 1.39 bits per heavy atom. The Morgan fingerprint density at radius 3 is 2.83 bits per heavy atom. The summed E-state index contributed by atoms with van der Waals surface area (Å²) >= 11 is 3.04. The van der Waals surface area contributed by atoms with Gasteiger partial charge in [-0.15, -0.1) is 0 Å². The monoisotopic (exact) mass is 310 g/mol. The third-order valence-corrected chi connectivity index (χ3v) is 2.75. The number of halogens is 2. The molecule has 18 heavy (non-hydrogen) atoms. The second-order valence-electron chi connectivity index (χ2n) is 3.40. The fraction of sp³-hybridized carbons (Fsp3) is 0. The van der Waals surface area contributed by atoms with Crippen molar-refractivity contribution in [1.82, 2.24) is 4.98 Å². The predicted molar refractivity (Wildman–Crippen MR) is 66.9 cm³/mol. The fourth-order valence-corrected chi connectivity index (χ4v) is 1.67. The van der Waals surface area contributed by atoms with Gasteiger partial charge in [-0.3, -0.25) is 4.79 Å². The van der Waals surface area contributed by atoms with Crippen LogP contribution in [0, 0.1) is 5.82 Å². The summed E-state index contributed by atoms with van der Waals surface area (Å²) in [5.41, 5.74) is 5.36. The molecule has 0 aliphatic carbocycles. The van der Waals surface area contributed by atoms with E-state index in [1.807, 2.05) is 0 Å². The molecule has 0 fully saturated rings. The van der Waals surface area contributed by atoms with Crippen LogP contribution in [0.2, 0.25) is 0 Å². The van der Waals surface area contributed by atoms with Gasteiger partial charge in [0.25, 0.3) is 5.91 Å². The van der Waals surface area contributed by atoms with E-state index in [-0.39, 0.29) is 15.9 Å². The zero-order valence-corrected chi connectivity index (χ0v) is 10.6. The van der Waals surface area contributed by atoms with E-state index in [0.29, 0.717) is 5.75 Å². The van der Waals surface area contributed by atoms with Gasteiger partial charge >= 0.3 is 0 Å². The zero-order valence-electron chi connectivity index (χ0n) is 9.06. The van der Waals surface area contributed by atoms with Crippen LogP contribution in [-0.2, 0) is 0 Å². The standard InChI is InChI=1S/C12H8BrFN2O2/c13-9-6-7(3-4-10(9)14)18-12-8(11(15)17)2-1-5-16-12/h1-6H,(H2,15,17). The number of ether oxygens (including phenoxy) is 1. The van der Waals surface area contributed by atoms with Crippen molar-refractivity contribution in [2.45, 2.75) is 0 Å². The minimum absolute atomic E-state index is 0.0866. The summed E-state index contributed by atoms with van der Waals surface area (Å²) in [6.45, 7) is 0. The van der Waals surface area contributed by atoms with Gasteiger partial charge in [0.05, 0.1) is 4.47 Å². The quantitative estimate of drug-likeness (QED) is 0.948. The molecule has 0 spiro atoms. The van der Waals surface area contributed by atoms with E-state index in [1.54, 1.807) is 6.07 Å². The molecule has 0 bridgehead atoms. The number of carbonyl (C=O) groups excluding carboxylic acids is 1. The number of benzene rings is 1. The highest BCUT2D eigenvalue weighted by atomic mass is 79.9. The van der Waals surface area contributed by atoms with E-state index in [1.165, 1.54) is 30.5 Å². The first-order valence-corrected chi connectivity index (χ1v) is 5.75. The van der Waals surface area contributed by atoms with Crippen LogP contribution in [0.3, 0.4) is 0 Å². The molecule has 0 radical (unpaired) electrons. The van der Waals surface area contributed by atoms with E-state index >= 15 is 0 Å². The molecule has 0 saturated carbocycles. The molecule has 92 valence electrons. The maximum atomic E-state index is 13.1. The lowest BCUT2D eigenvalue weighted by Crippen LogP contribution is -2.12. The SMILES string of the molecule is NC(=O)c1cccnc1Oc1ccc(F)c(Br)c1. The Kier molecular flexibility index (Phi) is 3.57. The molecule has 4 nitrogen and oxygen atoms in total. The highest BCUT2D eigenvalue weighted by Gasteiger charge is 2.11. The van der Waals surface area contributed by atoms with Crippen molar-refractivity contribution in [3.05, 3.63) is 52.4 Å². The van der Waals surface area contributed by atoms with Crippen LogP contribution in [0.5, 0.6) is 11.6 Å². The van der Waals surface area contributed by atoms with E-state index in [0.717, 1.165) is 0 Å². The van der Waals surface area contributed by atoms with Crippen LogP contribution in [0.25, 0.3) is 0 Å². The second kappa shape index (κ2) is 5.14. The van der Waals surface area contributed by atoms with Gasteiger partial charge in [0.1, 0.15) is 17.1 Å². The average Bonchev–Trinajstić information content (AvgIpc) is 2.34. The van der Waals surface area contributed by atoms with Crippen molar-refractivity contribution in [3.8, 4) is 11.6 Å². The van der Waals surface area contributed by atoms with Crippen LogP contribution >= 0.6 is 15.9 Å². The first-order valence-electron chi connectivity index (χ1n) is 4.95. The Bertz CT molecular complexity index is 604. The number of hydrogen-bond acceptors (Lipinski definition) is 3. The Hall–Kier alpha value is -1.95. The topological polar surface area (TPSA) is 65.2 Å². The maximum Gasteiger partial charge on any atom is 0.254 e. The molecular weight excluding hydrogens is 303 g/mol. The van der Waals surface area contributed by atoms with E-state index in [4.69, 9.17) is 10.5 Å². The van der Waals surface area contributed by atoms with Gasteiger partial charge in [-0.25, -0.2) is 9.37 Å². The molecule has 0 aliphatic rings. The average molecular weight is 311 g/mol. The lowest BCUT2D eigenvalue weighted by atomic mass is 10.2. The predicted octanol–water partition coefficient (Wildman–Crippen LogP) is 2.87. The van der Waals surface area contributed by atoms with Gasteiger partial charge in [0.2, 0.25) is 5.88 Å². The molecule has 0 atom stereocenters. The van der Waals surface area contributed by atoms with E-state index < -0.39 is 11.7 Å². The van der Waals surface area contributed by atoms with Gasteiger partial charge in [-0.2, -0.15) is 0 Å². The molecule has 2 rings (SSSR count). The molecule has 0 unspecified atom stereocenters. The summed E-state index contributed by atoms with van der Waals surface area (Å²) in [4.78, 5) is 15.1. The molecule has 2 N–H and O–H groups in total. The number of hydrogen-bond donors (Lipinski definition) is 1. The molecule has 6 heteroatoms. The molecule has 2 aromatic rings. The van der Waals surface area contributed by atoms with Crippen LogP contribution in [0.15, 0.2) is 41.0 Å². The lowest BCUT2D eigenvalue weighted by molar-refractivity contribution is 0.0997. The van der Waals surface area contributed by atoms with Gasteiger partial charge < -0.3 is 10.5 Å². The number of nitrogens with two attached hydrogens (primary N) is 1. The Labute approximate surface area is 111 Å². The van der Waals surface area contributed by atoms with Crippen molar-refractivity contribution in [1.29, 1.82) is 0 Å². The fourth-order valence-electron chi connectivity index (χ4n) is 1.31. The number of aromatic nitrogens is 1. The maximum absolute atomic E-state index is 13.1. The normalized spacial score (nSPS) is 10.1.